The van der Waals surface area contributed by atoms with Crippen LogP contribution < -0.4 is 20.1 Å². The number of aromatic nitrogens is 4. The zero-order valence-electron chi connectivity index (χ0n) is 36.4. The maximum Gasteiger partial charge on any atom is 0.309 e. The number of morpholine rings is 1. The molecule has 5 aliphatic rings. The third-order valence-corrected chi connectivity index (χ3v) is 15.7. The van der Waals surface area contributed by atoms with Crippen LogP contribution in [0, 0.1) is 10.8 Å². The Morgan fingerprint density at radius 3 is 1.80 bits per heavy atom. The van der Waals surface area contributed by atoms with Gasteiger partial charge in [0, 0.05) is 28.7 Å². The van der Waals surface area contributed by atoms with Crippen molar-refractivity contribution in [2.45, 2.75) is 78.4 Å². The molecule has 0 radical (unpaired) electrons. The minimum Gasteiger partial charge on any atom is -0.495 e. The lowest BCUT2D eigenvalue weighted by atomic mass is 9.74. The molecule has 3 atom stereocenters. The van der Waals surface area contributed by atoms with Crippen molar-refractivity contribution in [1.82, 2.24) is 24.8 Å². The third kappa shape index (κ3) is 7.42. The summed E-state index contributed by atoms with van der Waals surface area (Å²) in [5.41, 5.74) is 7.43. The number of carboxylic acid groups (broad SMARTS) is 1. The Kier molecular flexibility index (Phi) is 10.8. The number of hydrogen-bond donors (Lipinski definition) is 3. The molecule has 0 bridgehead atoms. The predicted octanol–water partition coefficient (Wildman–Crippen LogP) is 8.07. The van der Waals surface area contributed by atoms with Crippen LogP contribution in [-0.4, -0.2) is 94.3 Å². The maximum absolute atomic E-state index is 13.6. The van der Waals surface area contributed by atoms with E-state index in [9.17, 15) is 14.7 Å². The Morgan fingerprint density at radius 1 is 0.781 bits per heavy atom. The molecule has 1 fully saturated rings. The van der Waals surface area contributed by atoms with Crippen LogP contribution in [0.3, 0.4) is 0 Å². The van der Waals surface area contributed by atoms with Crippen LogP contribution in [0.4, 0.5) is 23.0 Å². The fourth-order valence-electron chi connectivity index (χ4n) is 9.57. The maximum atomic E-state index is 13.6. The molecule has 3 aliphatic heterocycles. The first-order valence-corrected chi connectivity index (χ1v) is 23.2. The van der Waals surface area contributed by atoms with Gasteiger partial charge in [0.1, 0.15) is 45.5 Å². The quantitative estimate of drug-likeness (QED) is 0.134. The first-order valence-electron chi connectivity index (χ1n) is 21.5. The number of carboxylic acids is 1. The molecule has 330 valence electrons. The van der Waals surface area contributed by atoms with Crippen LogP contribution in [0.2, 0.25) is 0 Å². The molecule has 2 aliphatic carbocycles. The van der Waals surface area contributed by atoms with Crippen LogP contribution in [0.15, 0.2) is 46.9 Å². The summed E-state index contributed by atoms with van der Waals surface area (Å²) in [5, 5.41) is 18.6. The molecule has 6 aromatic rings. The zero-order valence-corrected chi connectivity index (χ0v) is 38.0. The highest BCUT2D eigenvalue weighted by Crippen LogP contribution is 2.47. The second kappa shape index (κ2) is 16.5. The van der Waals surface area contributed by atoms with Gasteiger partial charge in [-0.15, -0.1) is 22.7 Å². The van der Waals surface area contributed by atoms with Crippen molar-refractivity contribution in [2.75, 3.05) is 44.6 Å². The van der Waals surface area contributed by atoms with Crippen molar-refractivity contribution in [3.05, 3.63) is 80.1 Å². The van der Waals surface area contributed by atoms with E-state index in [2.05, 4.69) is 60.5 Å². The molecule has 11 rings (SSSR count). The Morgan fingerprint density at radius 2 is 1.30 bits per heavy atom. The summed E-state index contributed by atoms with van der Waals surface area (Å²) in [6.45, 7) is 9.26. The van der Waals surface area contributed by atoms with Crippen LogP contribution in [0.1, 0.15) is 76.7 Å². The van der Waals surface area contributed by atoms with Crippen molar-refractivity contribution >= 4 is 90.4 Å². The summed E-state index contributed by atoms with van der Waals surface area (Å²) in [4.78, 5) is 58.3. The third-order valence-electron chi connectivity index (χ3n) is 13.4. The van der Waals surface area contributed by atoms with Crippen molar-refractivity contribution in [3.8, 4) is 11.5 Å². The highest BCUT2D eigenvalue weighted by Gasteiger charge is 2.43. The fourth-order valence-corrected chi connectivity index (χ4v) is 12.3. The van der Waals surface area contributed by atoms with Crippen molar-refractivity contribution in [3.63, 3.8) is 0 Å². The number of rotatable bonds is 8. The molecule has 7 heterocycles. The van der Waals surface area contributed by atoms with E-state index in [4.69, 9.17) is 14.2 Å². The first kappa shape index (κ1) is 41.9. The average Bonchev–Trinajstić information content (AvgIpc) is 4.10. The standard InChI is InChI=1S/C26H29N5O3S.C21H20N4O3S/c1-15-13-34-7-6-31(15)25(32)26(2)5-4-18-21(10-26)35-24-22(18)23(28-14-29-24)30-19-8-16-11-27-12-17(16)9-20(19)33-3;1-21(20(26)27)4-3-13-16(7-21)29-19-17(13)18(23-10-24-19)25-14-5-11-8-22-9-12(11)6-15(14)28-2/h8-9,11,14-15H,4-7,10,12-13H2,1-3H3,(H,28,29,30);5-6,8,10H,3-4,7,9H2,1-2H3,(H,26,27)(H,23,24,25)/t15-,26-;21-/m11/s1. The molecule has 1 saturated heterocycles. The molecular weight excluding hydrogens is 851 g/mol. The van der Waals surface area contributed by atoms with Gasteiger partial charge >= 0.3 is 5.97 Å². The van der Waals surface area contributed by atoms with Gasteiger partial charge in [-0.1, -0.05) is 6.92 Å². The van der Waals surface area contributed by atoms with Crippen LogP contribution in [0.5, 0.6) is 11.5 Å². The number of benzene rings is 2. The molecule has 0 spiro atoms. The lowest BCUT2D eigenvalue weighted by Crippen LogP contribution is -2.53. The highest BCUT2D eigenvalue weighted by molar-refractivity contribution is 7.19. The number of methoxy groups -OCH3 is 2. The number of ether oxygens (including phenoxy) is 3. The average molecular weight is 900 g/mol. The van der Waals surface area contributed by atoms with Gasteiger partial charge in [0.2, 0.25) is 5.91 Å². The largest absolute Gasteiger partial charge is 0.495 e. The van der Waals surface area contributed by atoms with E-state index in [1.165, 1.54) is 10.4 Å². The van der Waals surface area contributed by atoms with E-state index < -0.39 is 16.8 Å². The second-order valence-corrected chi connectivity index (χ2v) is 19.9. The van der Waals surface area contributed by atoms with Gasteiger partial charge in [-0.3, -0.25) is 19.6 Å². The Labute approximate surface area is 378 Å². The topological polar surface area (TPSA) is 186 Å². The molecule has 17 heteroatoms. The molecule has 2 aromatic carbocycles. The minimum atomic E-state index is -0.741. The molecule has 3 N–H and O–H groups in total. The van der Waals surface area contributed by atoms with Crippen molar-refractivity contribution < 1.29 is 28.9 Å². The number of hydrogen-bond acceptors (Lipinski definition) is 15. The van der Waals surface area contributed by atoms with Crippen molar-refractivity contribution in [1.29, 1.82) is 0 Å². The molecule has 64 heavy (non-hydrogen) atoms. The number of anilines is 4. The molecule has 1 amide bonds. The summed E-state index contributed by atoms with van der Waals surface area (Å²) in [6, 6.07) is 8.25. The minimum absolute atomic E-state index is 0.117. The van der Waals surface area contributed by atoms with Crippen LogP contribution >= 0.6 is 22.7 Å². The Hall–Kier alpha value is -6.04. The van der Waals surface area contributed by atoms with Gasteiger partial charge in [-0.2, -0.15) is 0 Å². The number of carbonyl (C=O) groups excluding carboxylic acids is 1. The van der Waals surface area contributed by atoms with Gasteiger partial charge in [0.15, 0.2) is 0 Å². The first-order chi connectivity index (χ1) is 30.9. The van der Waals surface area contributed by atoms with Gasteiger partial charge in [-0.25, -0.2) is 19.9 Å². The van der Waals surface area contributed by atoms with Gasteiger partial charge in [-0.05, 0) is 110 Å². The number of aliphatic imine (C=N–C) groups is 2. The summed E-state index contributed by atoms with van der Waals surface area (Å²) in [6.07, 6.45) is 11.1. The zero-order chi connectivity index (χ0) is 44.3. The fraction of sp³-hybridized carbons (Fsp3) is 0.404. The van der Waals surface area contributed by atoms with Crippen LogP contribution in [0.25, 0.3) is 20.4 Å². The van der Waals surface area contributed by atoms with E-state index in [0.717, 1.165) is 107 Å². The number of fused-ring (bicyclic) bond motifs is 8. The molecule has 0 saturated carbocycles. The smallest absolute Gasteiger partial charge is 0.309 e. The number of nitrogens with one attached hydrogen (secondary N) is 2. The van der Waals surface area contributed by atoms with Gasteiger partial charge in [0.05, 0.1) is 79.5 Å². The van der Waals surface area contributed by atoms with Gasteiger partial charge in [0.25, 0.3) is 0 Å². The molecular formula is C47H49N9O6S2. The Balaban J connectivity index is 0.000000154. The SMILES string of the molecule is COc1cc2c(cc1Nc1ncnc3sc4c(c13)CC[C@@](C)(C(=O)N1CCOC[C@H]1C)C4)C=NC2.COc1cc2c(cc1Nc1ncnc3sc4c(c13)CC[C@@](C)(C(=O)O)C4)C=NC2. The van der Waals surface area contributed by atoms with Crippen LogP contribution in [-0.2, 0) is 53.1 Å². The van der Waals surface area contributed by atoms with E-state index >= 15 is 0 Å². The van der Waals surface area contributed by atoms with Gasteiger partial charge < -0.3 is 34.9 Å². The number of amides is 1. The summed E-state index contributed by atoms with van der Waals surface area (Å²) in [5.74, 6) is 2.50. The van der Waals surface area contributed by atoms with Crippen molar-refractivity contribution in [2.24, 2.45) is 20.8 Å². The van der Waals surface area contributed by atoms with E-state index in [-0.39, 0.29) is 11.9 Å². The number of thiophene rings is 2. The monoisotopic (exact) mass is 899 g/mol. The summed E-state index contributed by atoms with van der Waals surface area (Å²) >= 11 is 3.25. The lowest BCUT2D eigenvalue weighted by molar-refractivity contribution is -0.150. The summed E-state index contributed by atoms with van der Waals surface area (Å²) < 4.78 is 16.8. The second-order valence-electron chi connectivity index (χ2n) is 17.7. The highest BCUT2D eigenvalue weighted by atomic mass is 32.1. The normalized spacial score (nSPS) is 21.7. The number of aryl methyl sites for hydroxylation is 2. The van der Waals surface area contributed by atoms with E-state index in [1.807, 2.05) is 42.5 Å². The molecule has 0 unspecified atom stereocenters. The number of carbonyl (C=O) groups is 2. The predicted molar refractivity (Wildman–Crippen MR) is 250 cm³/mol. The van der Waals surface area contributed by atoms with E-state index in [0.29, 0.717) is 52.1 Å². The lowest BCUT2D eigenvalue weighted by Gasteiger charge is -2.41. The summed E-state index contributed by atoms with van der Waals surface area (Å²) in [7, 11) is 3.33. The van der Waals surface area contributed by atoms with E-state index in [1.54, 1.807) is 49.5 Å². The number of nitrogens with zero attached hydrogens (tertiary/aromatic N) is 7. The molecule has 15 nitrogen and oxygen atoms in total. The number of aliphatic carboxylic acids is 1. The molecule has 4 aromatic heterocycles. The Bertz CT molecular complexity index is 2930.